The number of benzene rings is 2. The number of primary amides is 1. The third kappa shape index (κ3) is 5.61. The van der Waals surface area contributed by atoms with Crippen LogP contribution in [0, 0.1) is 10.1 Å². The Morgan fingerprint density at radius 3 is 2.37 bits per heavy atom. The number of ether oxygens (including phenoxy) is 1. The molecule has 0 aliphatic carbocycles. The van der Waals surface area contributed by atoms with Crippen LogP contribution in [0.4, 0.5) is 11.4 Å². The number of carbonyl (C=O) groups is 4. The van der Waals surface area contributed by atoms with Gasteiger partial charge >= 0.3 is 5.97 Å². The van der Waals surface area contributed by atoms with E-state index in [1.54, 1.807) is 12.1 Å². The van der Waals surface area contributed by atoms with E-state index < -0.39 is 34.3 Å². The second kappa shape index (κ2) is 9.78. The average Bonchev–Trinajstić information content (AvgIpc) is 2.72. The fraction of sp³-hybridized carbons (Fsp3) is 0.158. The number of nitrogens with two attached hydrogens (primary N) is 1. The monoisotopic (exact) mass is 414 g/mol. The number of nitro groups is 1. The van der Waals surface area contributed by atoms with Crippen LogP contribution in [0.15, 0.2) is 42.5 Å². The van der Waals surface area contributed by atoms with Gasteiger partial charge in [0.1, 0.15) is 0 Å². The lowest BCUT2D eigenvalue weighted by Crippen LogP contribution is -2.28. The summed E-state index contributed by atoms with van der Waals surface area (Å²) in [6.07, 6.45) is -0.0513. The molecule has 2 rings (SSSR count). The number of hydrogen-bond acceptors (Lipinski definition) is 7. The van der Waals surface area contributed by atoms with Crippen molar-refractivity contribution in [2.24, 2.45) is 5.73 Å². The number of anilines is 1. The lowest BCUT2D eigenvalue weighted by atomic mass is 10.1. The minimum absolute atomic E-state index is 0.0177. The number of rotatable bonds is 8. The summed E-state index contributed by atoms with van der Waals surface area (Å²) in [5, 5.41) is 16.1. The van der Waals surface area contributed by atoms with Crippen LogP contribution in [0.1, 0.15) is 37.5 Å². The summed E-state index contributed by atoms with van der Waals surface area (Å²) in [6, 6.07) is 9.18. The third-order valence-corrected chi connectivity index (χ3v) is 3.89. The van der Waals surface area contributed by atoms with Gasteiger partial charge in [-0.25, -0.2) is 4.79 Å². The number of carbonyl (C=O) groups excluding carboxylic acids is 4. The van der Waals surface area contributed by atoms with Gasteiger partial charge in [0.05, 0.1) is 28.8 Å². The summed E-state index contributed by atoms with van der Waals surface area (Å²) in [4.78, 5) is 57.9. The molecule has 2 aromatic carbocycles. The highest BCUT2D eigenvalue weighted by Crippen LogP contribution is 2.21. The Labute approximate surface area is 170 Å². The standard InChI is InChI=1S/C19H18N4O7/c1-30-19(27)12-8-11(9-13(10-12)23(28)29)17(25)22-15-5-3-2-4-14(15)18(26)21-7-6-16(20)24/h2-5,8-10H,6-7H2,1H3,(H2,20,24)(H,21,26)(H,22,25). The van der Waals surface area contributed by atoms with Gasteiger partial charge in [-0.2, -0.15) is 0 Å². The summed E-state index contributed by atoms with van der Waals surface area (Å²) >= 11 is 0. The molecule has 4 N–H and O–H groups in total. The molecule has 156 valence electrons. The maximum absolute atomic E-state index is 12.7. The predicted octanol–water partition coefficient (Wildman–Crippen LogP) is 1.24. The summed E-state index contributed by atoms with van der Waals surface area (Å²) < 4.78 is 4.55. The van der Waals surface area contributed by atoms with Gasteiger partial charge in [0.15, 0.2) is 0 Å². The van der Waals surface area contributed by atoms with Crippen LogP contribution >= 0.6 is 0 Å². The van der Waals surface area contributed by atoms with Crippen LogP contribution in [0.3, 0.4) is 0 Å². The molecule has 0 fully saturated rings. The van der Waals surface area contributed by atoms with E-state index in [4.69, 9.17) is 5.73 Å². The molecule has 0 saturated heterocycles. The minimum Gasteiger partial charge on any atom is -0.465 e. The van der Waals surface area contributed by atoms with Gasteiger partial charge < -0.3 is 21.1 Å². The smallest absolute Gasteiger partial charge is 0.338 e. The molecule has 0 atom stereocenters. The van der Waals surface area contributed by atoms with E-state index in [0.29, 0.717) is 0 Å². The van der Waals surface area contributed by atoms with Crippen molar-refractivity contribution in [3.63, 3.8) is 0 Å². The number of non-ortho nitro benzene ring substituents is 1. The summed E-state index contributed by atoms with van der Waals surface area (Å²) in [7, 11) is 1.11. The van der Waals surface area contributed by atoms with Gasteiger partial charge in [-0.3, -0.25) is 24.5 Å². The zero-order valence-corrected chi connectivity index (χ0v) is 15.8. The zero-order valence-electron chi connectivity index (χ0n) is 15.8. The normalized spacial score (nSPS) is 10.0. The van der Waals surface area contributed by atoms with Gasteiger partial charge in [0.2, 0.25) is 5.91 Å². The molecule has 0 aliphatic heterocycles. The van der Waals surface area contributed by atoms with Gasteiger partial charge in [-0.15, -0.1) is 0 Å². The molecule has 0 radical (unpaired) electrons. The molecule has 30 heavy (non-hydrogen) atoms. The Morgan fingerprint density at radius 2 is 1.73 bits per heavy atom. The minimum atomic E-state index is -0.845. The van der Waals surface area contributed by atoms with Crippen molar-refractivity contribution < 1.29 is 28.8 Å². The van der Waals surface area contributed by atoms with E-state index in [2.05, 4.69) is 15.4 Å². The lowest BCUT2D eigenvalue weighted by molar-refractivity contribution is -0.384. The number of nitro benzene ring substituents is 1. The first kappa shape index (κ1) is 22.0. The van der Waals surface area contributed by atoms with E-state index in [1.807, 2.05) is 0 Å². The van der Waals surface area contributed by atoms with Crippen molar-refractivity contribution in [3.05, 3.63) is 69.3 Å². The Hall–Kier alpha value is -4.28. The molecule has 0 bridgehead atoms. The second-order valence-corrected chi connectivity index (χ2v) is 5.99. The topological polar surface area (TPSA) is 171 Å². The van der Waals surface area contributed by atoms with Crippen molar-refractivity contribution in [2.45, 2.75) is 6.42 Å². The van der Waals surface area contributed by atoms with Crippen LogP contribution in [0.2, 0.25) is 0 Å². The number of hydrogen-bond donors (Lipinski definition) is 3. The van der Waals surface area contributed by atoms with E-state index in [9.17, 15) is 29.3 Å². The molecule has 3 amide bonds. The molecule has 0 aliphatic rings. The molecular weight excluding hydrogens is 396 g/mol. The lowest BCUT2D eigenvalue weighted by Gasteiger charge is -2.12. The number of para-hydroxylation sites is 1. The first-order valence-electron chi connectivity index (χ1n) is 8.57. The highest BCUT2D eigenvalue weighted by atomic mass is 16.6. The average molecular weight is 414 g/mol. The molecule has 11 nitrogen and oxygen atoms in total. The Morgan fingerprint density at radius 1 is 1.07 bits per heavy atom. The summed E-state index contributed by atoms with van der Waals surface area (Å²) in [6.45, 7) is 0.0177. The van der Waals surface area contributed by atoms with Crippen LogP contribution in [0.25, 0.3) is 0 Å². The maximum atomic E-state index is 12.7. The van der Waals surface area contributed by atoms with Gasteiger partial charge in [-0.05, 0) is 18.2 Å². The number of amides is 3. The Balaban J connectivity index is 2.29. The van der Waals surface area contributed by atoms with Crippen molar-refractivity contribution in [1.82, 2.24) is 5.32 Å². The van der Waals surface area contributed by atoms with Crippen LogP contribution in [0.5, 0.6) is 0 Å². The molecule has 0 unspecified atom stereocenters. The number of nitrogens with one attached hydrogen (secondary N) is 2. The van der Waals surface area contributed by atoms with Crippen LogP contribution < -0.4 is 16.4 Å². The SMILES string of the molecule is COC(=O)c1cc(C(=O)Nc2ccccc2C(=O)NCCC(N)=O)cc([N+](=O)[O-])c1. The predicted molar refractivity (Wildman–Crippen MR) is 105 cm³/mol. The number of esters is 1. The van der Waals surface area contributed by atoms with Crippen molar-refractivity contribution >= 4 is 35.1 Å². The molecule has 0 aromatic heterocycles. The van der Waals surface area contributed by atoms with Crippen molar-refractivity contribution in [1.29, 1.82) is 0 Å². The van der Waals surface area contributed by atoms with E-state index in [-0.39, 0.29) is 35.3 Å². The summed E-state index contributed by atoms with van der Waals surface area (Å²) in [5.41, 5.74) is 4.45. The van der Waals surface area contributed by atoms with Gasteiger partial charge in [0.25, 0.3) is 17.5 Å². The first-order chi connectivity index (χ1) is 14.2. The quantitative estimate of drug-likeness (QED) is 0.331. The van der Waals surface area contributed by atoms with Crippen molar-refractivity contribution in [2.75, 3.05) is 19.0 Å². The fourth-order valence-electron chi connectivity index (χ4n) is 2.46. The van der Waals surface area contributed by atoms with Crippen LogP contribution in [-0.4, -0.2) is 42.3 Å². The number of nitrogens with zero attached hydrogens (tertiary/aromatic N) is 1. The van der Waals surface area contributed by atoms with E-state index in [0.717, 1.165) is 25.3 Å². The fourth-order valence-corrected chi connectivity index (χ4v) is 2.46. The maximum Gasteiger partial charge on any atom is 0.338 e. The third-order valence-electron chi connectivity index (χ3n) is 3.89. The molecule has 11 heteroatoms. The highest BCUT2D eigenvalue weighted by Gasteiger charge is 2.20. The summed E-state index contributed by atoms with van der Waals surface area (Å²) in [5.74, 6) is -2.76. The first-order valence-corrected chi connectivity index (χ1v) is 8.57. The Bertz CT molecular complexity index is 1020. The largest absolute Gasteiger partial charge is 0.465 e. The Kier molecular flexibility index (Phi) is 7.17. The van der Waals surface area contributed by atoms with Crippen molar-refractivity contribution in [3.8, 4) is 0 Å². The zero-order chi connectivity index (χ0) is 22.3. The van der Waals surface area contributed by atoms with Gasteiger partial charge in [-0.1, -0.05) is 12.1 Å². The molecular formula is C19H18N4O7. The molecule has 0 spiro atoms. The molecule has 0 saturated carbocycles. The molecule has 0 heterocycles. The number of methoxy groups -OCH3 is 1. The van der Waals surface area contributed by atoms with E-state index >= 15 is 0 Å². The van der Waals surface area contributed by atoms with Crippen LogP contribution in [-0.2, 0) is 9.53 Å². The molecule has 2 aromatic rings. The van der Waals surface area contributed by atoms with Gasteiger partial charge in [0, 0.05) is 30.7 Å². The second-order valence-electron chi connectivity index (χ2n) is 5.99. The highest BCUT2D eigenvalue weighted by molar-refractivity contribution is 6.10. The van der Waals surface area contributed by atoms with E-state index in [1.165, 1.54) is 12.1 Å².